The minimum absolute atomic E-state index is 0.455. The van der Waals surface area contributed by atoms with Crippen molar-refractivity contribution in [1.82, 2.24) is 0 Å². The molecule has 0 fully saturated rings. The topological polar surface area (TPSA) is 87.2 Å². The molecule has 0 unspecified atom stereocenters. The molecule has 0 atom stereocenters. The van der Waals surface area contributed by atoms with Crippen LogP contribution in [0.1, 0.15) is 26.2 Å². The maximum Gasteiger partial charge on any atom is 0.353 e. The first kappa shape index (κ1) is 10.7. The van der Waals surface area contributed by atoms with Crippen molar-refractivity contribution in [2.24, 2.45) is 5.73 Å². The molecule has 0 radical (unpaired) electrons. The minimum Gasteiger partial charge on any atom is -0.477 e. The lowest BCUT2D eigenvalue weighted by atomic mass is 10.2. The molecule has 0 aromatic heterocycles. The Bertz CT molecular complexity index is 209. The second kappa shape index (κ2) is 5.35. The Hall–Kier alpha value is -1.32. The summed E-state index contributed by atoms with van der Waals surface area (Å²) in [6.45, 7) is 2.02. The fraction of sp³-hybridized carbons (Fsp3) is 0.500. The fourth-order valence-corrected chi connectivity index (χ4v) is 0.700. The van der Waals surface area contributed by atoms with Gasteiger partial charge in [0.05, 0.1) is 0 Å². The van der Waals surface area contributed by atoms with Crippen molar-refractivity contribution in [3.05, 3.63) is 11.8 Å². The smallest absolute Gasteiger partial charge is 0.353 e. The van der Waals surface area contributed by atoms with Gasteiger partial charge in [-0.25, -0.2) is 4.79 Å². The van der Waals surface area contributed by atoms with Gasteiger partial charge in [0.15, 0.2) is 0 Å². The summed E-state index contributed by atoms with van der Waals surface area (Å²) < 4.78 is 0. The van der Waals surface area contributed by atoms with E-state index in [4.69, 9.17) is 16.2 Å². The van der Waals surface area contributed by atoms with Crippen molar-refractivity contribution in [3.8, 4) is 0 Å². The van der Waals surface area contributed by atoms with Crippen LogP contribution in [0.5, 0.6) is 0 Å². The predicted octanol–water partition coefficient (Wildman–Crippen LogP) is 1.12. The molecule has 4 N–H and O–H groups in total. The number of hydrogen-bond acceptors (Lipinski definition) is 3. The standard InChI is InChI=1S/C8H14N2O2/c1-2-3-4-6(9)5-7(10)8(11)12/h5,10H,2-4,9H2,1H3,(H,11,12). The molecule has 0 aliphatic rings. The van der Waals surface area contributed by atoms with E-state index in [9.17, 15) is 4.79 Å². The molecule has 4 heteroatoms. The number of unbranched alkanes of at least 4 members (excludes halogenated alkanes) is 1. The van der Waals surface area contributed by atoms with Crippen molar-refractivity contribution in [2.45, 2.75) is 26.2 Å². The number of carboxylic acid groups (broad SMARTS) is 1. The lowest BCUT2D eigenvalue weighted by molar-refractivity contribution is -0.129. The van der Waals surface area contributed by atoms with Crippen LogP contribution in [0.15, 0.2) is 11.8 Å². The Labute approximate surface area is 71.6 Å². The van der Waals surface area contributed by atoms with Gasteiger partial charge in [0, 0.05) is 5.70 Å². The number of nitrogens with two attached hydrogens (primary N) is 1. The molecule has 0 heterocycles. The monoisotopic (exact) mass is 170 g/mol. The lowest BCUT2D eigenvalue weighted by Crippen LogP contribution is -2.11. The lowest BCUT2D eigenvalue weighted by Gasteiger charge is -1.98. The molecule has 0 aliphatic carbocycles. The number of hydrogen-bond donors (Lipinski definition) is 3. The molecule has 0 rings (SSSR count). The average Bonchev–Trinajstić information content (AvgIpc) is 2.00. The second-order valence-electron chi connectivity index (χ2n) is 2.54. The Morgan fingerprint density at radius 2 is 2.25 bits per heavy atom. The summed E-state index contributed by atoms with van der Waals surface area (Å²) in [4.78, 5) is 10.2. The van der Waals surface area contributed by atoms with E-state index in [2.05, 4.69) is 0 Å². The molecule has 0 aliphatic heterocycles. The minimum atomic E-state index is -1.24. The molecule has 0 saturated carbocycles. The van der Waals surface area contributed by atoms with E-state index in [1.54, 1.807) is 0 Å². The number of rotatable bonds is 5. The van der Waals surface area contributed by atoms with Crippen molar-refractivity contribution in [2.75, 3.05) is 0 Å². The van der Waals surface area contributed by atoms with Gasteiger partial charge in [0.2, 0.25) is 0 Å². The van der Waals surface area contributed by atoms with Gasteiger partial charge in [-0.15, -0.1) is 0 Å². The number of carboxylic acids is 1. The van der Waals surface area contributed by atoms with Crippen LogP contribution >= 0.6 is 0 Å². The maximum atomic E-state index is 10.2. The number of carbonyl (C=O) groups is 1. The van der Waals surface area contributed by atoms with Crippen LogP contribution < -0.4 is 5.73 Å². The molecule has 0 saturated heterocycles. The van der Waals surface area contributed by atoms with Crippen LogP contribution in [0.4, 0.5) is 0 Å². The average molecular weight is 170 g/mol. The highest BCUT2D eigenvalue weighted by atomic mass is 16.4. The summed E-state index contributed by atoms with van der Waals surface area (Å²) in [6, 6.07) is 0. The third-order valence-corrected chi connectivity index (χ3v) is 1.38. The molecule has 0 aromatic rings. The molecule has 4 nitrogen and oxygen atoms in total. The molecular formula is C8H14N2O2. The van der Waals surface area contributed by atoms with Gasteiger partial charge in [0.1, 0.15) is 5.71 Å². The van der Waals surface area contributed by atoms with E-state index in [0.717, 1.165) is 12.8 Å². The predicted molar refractivity (Wildman–Crippen MR) is 47.2 cm³/mol. The van der Waals surface area contributed by atoms with Crippen LogP contribution in [0.25, 0.3) is 0 Å². The zero-order valence-electron chi connectivity index (χ0n) is 7.13. The SMILES string of the molecule is CCCCC(N)=CC(=N)C(=O)O. The summed E-state index contributed by atoms with van der Waals surface area (Å²) in [6.07, 6.45) is 3.79. The highest BCUT2D eigenvalue weighted by Gasteiger charge is 2.02. The molecule has 0 aromatic carbocycles. The molecule has 0 amide bonds. The summed E-state index contributed by atoms with van der Waals surface area (Å²) >= 11 is 0. The number of aliphatic carboxylic acids is 1. The maximum absolute atomic E-state index is 10.2. The first-order chi connectivity index (χ1) is 5.57. The fourth-order valence-electron chi connectivity index (χ4n) is 0.700. The summed E-state index contributed by atoms with van der Waals surface area (Å²) in [7, 11) is 0. The van der Waals surface area contributed by atoms with Crippen LogP contribution in [-0.4, -0.2) is 16.8 Å². The quantitative estimate of drug-likeness (QED) is 0.540. The summed E-state index contributed by atoms with van der Waals surface area (Å²) in [5.74, 6) is -1.24. The molecule has 68 valence electrons. The first-order valence-corrected chi connectivity index (χ1v) is 3.85. The van der Waals surface area contributed by atoms with Gasteiger partial charge in [-0.2, -0.15) is 0 Å². The zero-order valence-corrected chi connectivity index (χ0v) is 7.13. The Morgan fingerprint density at radius 1 is 1.67 bits per heavy atom. The number of allylic oxidation sites excluding steroid dienone is 1. The Morgan fingerprint density at radius 3 is 2.67 bits per heavy atom. The third kappa shape index (κ3) is 4.49. The van der Waals surface area contributed by atoms with Gasteiger partial charge in [-0.1, -0.05) is 13.3 Å². The molecule has 12 heavy (non-hydrogen) atoms. The normalized spacial score (nSPS) is 11.2. The van der Waals surface area contributed by atoms with Crippen molar-refractivity contribution in [3.63, 3.8) is 0 Å². The molecular weight excluding hydrogens is 156 g/mol. The van der Waals surface area contributed by atoms with Crippen molar-refractivity contribution in [1.29, 1.82) is 5.41 Å². The van der Waals surface area contributed by atoms with E-state index < -0.39 is 11.7 Å². The van der Waals surface area contributed by atoms with E-state index in [1.807, 2.05) is 6.92 Å². The second-order valence-corrected chi connectivity index (χ2v) is 2.54. The van der Waals surface area contributed by atoms with E-state index in [1.165, 1.54) is 6.08 Å². The Balaban J connectivity index is 3.98. The van der Waals surface area contributed by atoms with E-state index in [-0.39, 0.29) is 0 Å². The number of nitrogens with one attached hydrogen (secondary N) is 1. The third-order valence-electron chi connectivity index (χ3n) is 1.38. The van der Waals surface area contributed by atoms with Gasteiger partial charge in [-0.05, 0) is 18.9 Å². The van der Waals surface area contributed by atoms with Crippen molar-refractivity contribution >= 4 is 11.7 Å². The van der Waals surface area contributed by atoms with Crippen LogP contribution in [0, 0.1) is 5.41 Å². The largest absolute Gasteiger partial charge is 0.477 e. The molecule has 0 spiro atoms. The van der Waals surface area contributed by atoms with Crippen LogP contribution in [-0.2, 0) is 4.79 Å². The molecule has 0 bridgehead atoms. The van der Waals surface area contributed by atoms with E-state index >= 15 is 0 Å². The highest BCUT2D eigenvalue weighted by molar-refractivity contribution is 6.39. The highest BCUT2D eigenvalue weighted by Crippen LogP contribution is 2.00. The zero-order chi connectivity index (χ0) is 9.56. The summed E-state index contributed by atoms with van der Waals surface area (Å²) in [5.41, 5.74) is 5.46. The van der Waals surface area contributed by atoms with Crippen LogP contribution in [0.2, 0.25) is 0 Å². The van der Waals surface area contributed by atoms with Gasteiger partial charge < -0.3 is 10.8 Å². The van der Waals surface area contributed by atoms with E-state index in [0.29, 0.717) is 12.1 Å². The van der Waals surface area contributed by atoms with Gasteiger partial charge in [0.25, 0.3) is 0 Å². The van der Waals surface area contributed by atoms with Gasteiger partial charge >= 0.3 is 5.97 Å². The summed E-state index contributed by atoms with van der Waals surface area (Å²) in [5, 5.41) is 15.3. The van der Waals surface area contributed by atoms with Crippen LogP contribution in [0.3, 0.4) is 0 Å². The first-order valence-electron chi connectivity index (χ1n) is 3.85. The van der Waals surface area contributed by atoms with Crippen molar-refractivity contribution < 1.29 is 9.90 Å². The Kier molecular flexibility index (Phi) is 4.76. The van der Waals surface area contributed by atoms with Gasteiger partial charge in [-0.3, -0.25) is 5.41 Å².